The Morgan fingerprint density at radius 3 is 2.50 bits per heavy atom. The number of alkyl halides is 3. The van der Waals surface area contributed by atoms with Crippen molar-refractivity contribution in [2.45, 2.75) is 12.7 Å². The van der Waals surface area contributed by atoms with Crippen LogP contribution >= 0.6 is 0 Å². The van der Waals surface area contributed by atoms with Gasteiger partial charge < -0.3 is 11.1 Å². The van der Waals surface area contributed by atoms with Crippen molar-refractivity contribution in [1.29, 1.82) is 0 Å². The average Bonchev–Trinajstić information content (AvgIpc) is 3.03. The molecule has 0 saturated carbocycles. The normalized spacial score (nSPS) is 11.3. The van der Waals surface area contributed by atoms with Crippen LogP contribution in [0.2, 0.25) is 0 Å². The quantitative estimate of drug-likeness (QED) is 0.695. The zero-order chi connectivity index (χ0) is 18.7. The highest BCUT2D eigenvalue weighted by molar-refractivity contribution is 5.91. The van der Waals surface area contributed by atoms with Crippen LogP contribution in [0.3, 0.4) is 0 Å². The van der Waals surface area contributed by atoms with E-state index in [9.17, 15) is 18.0 Å². The largest absolute Gasteiger partial charge is 0.418 e. The molecule has 1 amide bonds. The summed E-state index contributed by atoms with van der Waals surface area (Å²) in [7, 11) is 0. The number of hydrogen-bond donors (Lipinski definition) is 2. The van der Waals surface area contributed by atoms with Crippen molar-refractivity contribution in [3.8, 4) is 11.4 Å². The minimum atomic E-state index is -4.57. The number of halogens is 3. The fraction of sp³-hybridized carbons (Fsp3) is 0.125. The first-order valence-electron chi connectivity index (χ1n) is 7.43. The Labute approximate surface area is 145 Å². The molecule has 1 aromatic heterocycles. The maximum absolute atomic E-state index is 12.9. The minimum Gasteiger partial charge on any atom is -0.399 e. The van der Waals surface area contributed by atoms with Gasteiger partial charge in [0.1, 0.15) is 6.54 Å². The van der Waals surface area contributed by atoms with E-state index in [0.717, 1.165) is 10.9 Å². The summed E-state index contributed by atoms with van der Waals surface area (Å²) in [6.07, 6.45) is -4.57. The number of benzene rings is 2. The Kier molecular flexibility index (Phi) is 4.57. The number of hydrogen-bond acceptors (Lipinski definition) is 5. The Bertz CT molecular complexity index is 920. The van der Waals surface area contributed by atoms with Crippen molar-refractivity contribution in [3.05, 3.63) is 54.1 Å². The minimum absolute atomic E-state index is 0.272. The molecule has 3 rings (SSSR count). The Balaban J connectivity index is 1.71. The molecule has 0 saturated heterocycles. The van der Waals surface area contributed by atoms with Gasteiger partial charge in [0.25, 0.3) is 0 Å². The zero-order valence-corrected chi connectivity index (χ0v) is 13.2. The molecular weight excluding hydrogens is 349 g/mol. The van der Waals surface area contributed by atoms with E-state index in [2.05, 4.69) is 20.7 Å². The van der Waals surface area contributed by atoms with Crippen LogP contribution < -0.4 is 11.1 Å². The molecule has 0 aliphatic heterocycles. The number of amides is 1. The number of aromatic nitrogens is 4. The number of nitrogens with zero attached hydrogens (tertiary/aromatic N) is 4. The number of nitrogen functional groups attached to an aromatic ring is 1. The van der Waals surface area contributed by atoms with Gasteiger partial charge in [-0.2, -0.15) is 18.0 Å². The molecule has 0 radical (unpaired) electrons. The van der Waals surface area contributed by atoms with E-state index in [-0.39, 0.29) is 18.1 Å². The number of rotatable bonds is 4. The van der Waals surface area contributed by atoms with Gasteiger partial charge in [-0.25, -0.2) is 0 Å². The van der Waals surface area contributed by atoms with Crippen LogP contribution in [0.1, 0.15) is 5.56 Å². The first-order valence-corrected chi connectivity index (χ1v) is 7.43. The van der Waals surface area contributed by atoms with Crippen molar-refractivity contribution >= 4 is 17.3 Å². The number of para-hydroxylation sites is 1. The number of tetrazole rings is 1. The molecule has 0 bridgehead atoms. The lowest BCUT2D eigenvalue weighted by atomic mass is 10.1. The topological polar surface area (TPSA) is 98.7 Å². The smallest absolute Gasteiger partial charge is 0.399 e. The van der Waals surface area contributed by atoms with Crippen molar-refractivity contribution in [2.75, 3.05) is 11.1 Å². The molecule has 3 N–H and O–H groups in total. The van der Waals surface area contributed by atoms with Crippen LogP contribution in [0, 0.1) is 0 Å². The van der Waals surface area contributed by atoms with Gasteiger partial charge in [-0.3, -0.25) is 4.79 Å². The molecule has 0 fully saturated rings. The SMILES string of the molecule is Nc1ccc(-c2nnn(CC(=O)Nc3ccccc3C(F)(F)F)n2)cc1. The van der Waals surface area contributed by atoms with Gasteiger partial charge in [-0.15, -0.1) is 10.2 Å². The van der Waals surface area contributed by atoms with Crippen LogP contribution in [-0.4, -0.2) is 26.1 Å². The summed E-state index contributed by atoms with van der Waals surface area (Å²) >= 11 is 0. The number of carbonyl (C=O) groups excluding carboxylic acids is 1. The Hall–Kier alpha value is -3.43. The van der Waals surface area contributed by atoms with Gasteiger partial charge >= 0.3 is 6.18 Å². The molecule has 0 aliphatic rings. The summed E-state index contributed by atoms with van der Waals surface area (Å²) in [4.78, 5) is 13.0. The van der Waals surface area contributed by atoms with Crippen LogP contribution in [0.25, 0.3) is 11.4 Å². The first-order chi connectivity index (χ1) is 12.3. The van der Waals surface area contributed by atoms with Gasteiger partial charge in [-0.1, -0.05) is 12.1 Å². The highest BCUT2D eigenvalue weighted by Crippen LogP contribution is 2.34. The van der Waals surface area contributed by atoms with Gasteiger partial charge in [-0.05, 0) is 41.6 Å². The Morgan fingerprint density at radius 1 is 1.12 bits per heavy atom. The predicted octanol–water partition coefficient (Wildman–Crippen LogP) is 2.58. The lowest BCUT2D eigenvalue weighted by molar-refractivity contribution is -0.137. The second kappa shape index (κ2) is 6.82. The summed E-state index contributed by atoms with van der Waals surface area (Å²) < 4.78 is 38.8. The van der Waals surface area contributed by atoms with Crippen LogP contribution in [0.4, 0.5) is 24.5 Å². The molecule has 0 aliphatic carbocycles. The number of nitrogens with one attached hydrogen (secondary N) is 1. The van der Waals surface area contributed by atoms with Gasteiger partial charge in [0, 0.05) is 11.3 Å². The second-order valence-corrected chi connectivity index (χ2v) is 5.36. The van der Waals surface area contributed by atoms with Gasteiger partial charge in [0.2, 0.25) is 11.7 Å². The van der Waals surface area contributed by atoms with E-state index < -0.39 is 17.6 Å². The van der Waals surface area contributed by atoms with Crippen LogP contribution in [0.5, 0.6) is 0 Å². The maximum Gasteiger partial charge on any atom is 0.418 e. The molecule has 26 heavy (non-hydrogen) atoms. The third-order valence-corrected chi connectivity index (χ3v) is 3.41. The van der Waals surface area contributed by atoms with Crippen molar-refractivity contribution in [1.82, 2.24) is 20.2 Å². The average molecular weight is 362 g/mol. The summed E-state index contributed by atoms with van der Waals surface area (Å²) in [5, 5.41) is 13.8. The molecule has 0 atom stereocenters. The molecule has 10 heteroatoms. The van der Waals surface area contributed by atoms with E-state index in [0.29, 0.717) is 11.3 Å². The molecule has 3 aromatic rings. The lowest BCUT2D eigenvalue weighted by Gasteiger charge is -2.13. The van der Waals surface area contributed by atoms with E-state index in [1.54, 1.807) is 24.3 Å². The fourth-order valence-electron chi connectivity index (χ4n) is 2.22. The second-order valence-electron chi connectivity index (χ2n) is 5.36. The lowest BCUT2D eigenvalue weighted by Crippen LogP contribution is -2.22. The predicted molar refractivity (Wildman–Crippen MR) is 87.7 cm³/mol. The number of carbonyl (C=O) groups is 1. The summed E-state index contributed by atoms with van der Waals surface area (Å²) in [6, 6.07) is 11.4. The molecule has 0 unspecified atom stereocenters. The summed E-state index contributed by atoms with van der Waals surface area (Å²) in [5.74, 6) is -0.434. The highest BCUT2D eigenvalue weighted by Gasteiger charge is 2.33. The highest BCUT2D eigenvalue weighted by atomic mass is 19.4. The van der Waals surface area contributed by atoms with E-state index in [4.69, 9.17) is 5.73 Å². The summed E-state index contributed by atoms with van der Waals surface area (Å²) in [5.41, 5.74) is 5.56. The van der Waals surface area contributed by atoms with E-state index in [1.165, 1.54) is 18.2 Å². The van der Waals surface area contributed by atoms with Gasteiger partial charge in [0.05, 0.1) is 11.3 Å². The summed E-state index contributed by atoms with van der Waals surface area (Å²) in [6.45, 7) is -0.381. The van der Waals surface area contributed by atoms with Crippen molar-refractivity contribution in [2.24, 2.45) is 0 Å². The van der Waals surface area contributed by atoms with Crippen molar-refractivity contribution in [3.63, 3.8) is 0 Å². The van der Waals surface area contributed by atoms with Crippen LogP contribution in [0.15, 0.2) is 48.5 Å². The Morgan fingerprint density at radius 2 is 1.81 bits per heavy atom. The molecular formula is C16H13F3N6O. The maximum atomic E-state index is 12.9. The third-order valence-electron chi connectivity index (χ3n) is 3.41. The van der Waals surface area contributed by atoms with Crippen molar-refractivity contribution < 1.29 is 18.0 Å². The van der Waals surface area contributed by atoms with Crippen LogP contribution in [-0.2, 0) is 17.5 Å². The molecule has 134 valence electrons. The molecule has 7 nitrogen and oxygen atoms in total. The molecule has 0 spiro atoms. The van der Waals surface area contributed by atoms with E-state index in [1.807, 2.05) is 0 Å². The van der Waals surface area contributed by atoms with Gasteiger partial charge in [0.15, 0.2) is 0 Å². The first kappa shape index (κ1) is 17.4. The third kappa shape index (κ3) is 3.97. The zero-order valence-electron chi connectivity index (χ0n) is 13.2. The number of anilines is 2. The number of nitrogens with two attached hydrogens (primary N) is 1. The van der Waals surface area contributed by atoms with E-state index >= 15 is 0 Å². The monoisotopic (exact) mass is 362 g/mol. The molecule has 2 aromatic carbocycles. The fourth-order valence-corrected chi connectivity index (χ4v) is 2.22. The standard InChI is InChI=1S/C16H13F3N6O/c17-16(18,19)12-3-1-2-4-13(12)21-14(26)9-25-23-15(22-24-25)10-5-7-11(20)8-6-10/h1-8H,9,20H2,(H,21,26). The molecule has 1 heterocycles.